The molecule has 0 N–H and O–H groups in total. The van der Waals surface area contributed by atoms with Crippen molar-refractivity contribution < 1.29 is 0 Å². The van der Waals surface area contributed by atoms with E-state index < -0.39 is 0 Å². The van der Waals surface area contributed by atoms with Crippen LogP contribution in [0.25, 0.3) is 0 Å². The standard InChI is InChI=1S/C17H28/c1-12(2)17(6)11-9-14-8-7-10-16(4,5)15(14)13(17)3/h13H,1,7-11H2,2-6H3. The van der Waals surface area contributed by atoms with E-state index in [0.29, 0.717) is 16.7 Å². The van der Waals surface area contributed by atoms with Gasteiger partial charge in [0.25, 0.3) is 0 Å². The Morgan fingerprint density at radius 1 is 1.18 bits per heavy atom. The van der Waals surface area contributed by atoms with Crippen LogP contribution in [0, 0.1) is 16.7 Å². The number of hydrogen-bond acceptors (Lipinski definition) is 0. The normalized spacial score (nSPS) is 36.6. The molecular weight excluding hydrogens is 204 g/mol. The Morgan fingerprint density at radius 3 is 2.41 bits per heavy atom. The van der Waals surface area contributed by atoms with Crippen LogP contribution in [0.15, 0.2) is 23.3 Å². The van der Waals surface area contributed by atoms with Crippen LogP contribution in [-0.4, -0.2) is 0 Å². The molecule has 0 aromatic heterocycles. The van der Waals surface area contributed by atoms with Crippen LogP contribution in [0.2, 0.25) is 0 Å². The minimum atomic E-state index is 0.327. The predicted molar refractivity (Wildman–Crippen MR) is 76.0 cm³/mol. The average molecular weight is 232 g/mol. The molecule has 0 saturated heterocycles. The van der Waals surface area contributed by atoms with Crippen molar-refractivity contribution in [1.29, 1.82) is 0 Å². The van der Waals surface area contributed by atoms with E-state index in [1.54, 1.807) is 11.1 Å². The zero-order chi connectivity index (χ0) is 12.8. The highest BCUT2D eigenvalue weighted by molar-refractivity contribution is 5.33. The molecule has 0 amide bonds. The highest BCUT2D eigenvalue weighted by Gasteiger charge is 2.44. The van der Waals surface area contributed by atoms with Gasteiger partial charge in [0.05, 0.1) is 0 Å². The highest BCUT2D eigenvalue weighted by Crippen LogP contribution is 2.56. The number of hydrogen-bond donors (Lipinski definition) is 0. The van der Waals surface area contributed by atoms with Gasteiger partial charge >= 0.3 is 0 Å². The first-order chi connectivity index (χ1) is 7.79. The smallest absolute Gasteiger partial charge is 0.00557 e. The first kappa shape index (κ1) is 12.9. The Bertz CT molecular complexity index is 369. The summed E-state index contributed by atoms with van der Waals surface area (Å²) in [5.74, 6) is 0.680. The van der Waals surface area contributed by atoms with Gasteiger partial charge in [-0.2, -0.15) is 0 Å². The van der Waals surface area contributed by atoms with Crippen LogP contribution in [0.3, 0.4) is 0 Å². The predicted octanol–water partition coefficient (Wildman–Crippen LogP) is 5.51. The van der Waals surface area contributed by atoms with E-state index in [2.05, 4.69) is 41.2 Å². The van der Waals surface area contributed by atoms with Crippen LogP contribution >= 0.6 is 0 Å². The van der Waals surface area contributed by atoms with Gasteiger partial charge in [0.1, 0.15) is 0 Å². The zero-order valence-electron chi connectivity index (χ0n) is 12.3. The molecule has 0 aliphatic heterocycles. The topological polar surface area (TPSA) is 0 Å². The van der Waals surface area contributed by atoms with Gasteiger partial charge in [-0.1, -0.05) is 51.0 Å². The molecule has 0 bridgehead atoms. The van der Waals surface area contributed by atoms with E-state index in [0.717, 1.165) is 0 Å². The number of allylic oxidation sites excluding steroid dienone is 3. The van der Waals surface area contributed by atoms with Gasteiger partial charge in [0.2, 0.25) is 0 Å². The molecule has 2 atom stereocenters. The molecule has 2 aliphatic carbocycles. The molecule has 2 rings (SSSR count). The molecule has 2 unspecified atom stereocenters. The lowest BCUT2D eigenvalue weighted by Crippen LogP contribution is -2.38. The SMILES string of the molecule is C=C(C)C1(C)CCC2=C(C1C)C(C)(C)CCC2. The van der Waals surface area contributed by atoms with Crippen molar-refractivity contribution in [1.82, 2.24) is 0 Å². The van der Waals surface area contributed by atoms with Crippen molar-refractivity contribution >= 4 is 0 Å². The van der Waals surface area contributed by atoms with Crippen molar-refractivity contribution in [2.75, 3.05) is 0 Å². The number of rotatable bonds is 1. The third kappa shape index (κ3) is 1.90. The Labute approximate surface area is 107 Å². The van der Waals surface area contributed by atoms with Gasteiger partial charge in [-0.15, -0.1) is 0 Å². The van der Waals surface area contributed by atoms with Crippen molar-refractivity contribution in [3.63, 3.8) is 0 Å². The molecule has 96 valence electrons. The third-order valence-corrected chi connectivity index (χ3v) is 5.70. The molecule has 0 aromatic rings. The van der Waals surface area contributed by atoms with Crippen LogP contribution in [0.1, 0.15) is 66.7 Å². The summed E-state index contributed by atoms with van der Waals surface area (Å²) in [6, 6.07) is 0. The second kappa shape index (κ2) is 4.00. The molecular formula is C17H28. The van der Waals surface area contributed by atoms with E-state index in [4.69, 9.17) is 0 Å². The van der Waals surface area contributed by atoms with Crippen molar-refractivity contribution in [3.05, 3.63) is 23.3 Å². The Balaban J connectivity index is 2.45. The van der Waals surface area contributed by atoms with Crippen LogP contribution < -0.4 is 0 Å². The molecule has 0 fully saturated rings. The second-order valence-electron chi connectivity index (χ2n) is 7.17. The first-order valence-corrected chi connectivity index (χ1v) is 7.17. The van der Waals surface area contributed by atoms with Gasteiger partial charge in [-0.25, -0.2) is 0 Å². The zero-order valence-corrected chi connectivity index (χ0v) is 12.3. The fraction of sp³-hybridized carbons (Fsp3) is 0.765. The summed E-state index contributed by atoms with van der Waals surface area (Å²) < 4.78 is 0. The maximum atomic E-state index is 4.26. The molecule has 0 aromatic carbocycles. The van der Waals surface area contributed by atoms with Gasteiger partial charge in [0.15, 0.2) is 0 Å². The van der Waals surface area contributed by atoms with E-state index in [-0.39, 0.29) is 0 Å². The minimum absolute atomic E-state index is 0.327. The third-order valence-electron chi connectivity index (χ3n) is 5.70. The minimum Gasteiger partial charge on any atom is -0.0996 e. The van der Waals surface area contributed by atoms with Crippen LogP contribution in [0.5, 0.6) is 0 Å². The lowest BCUT2D eigenvalue weighted by molar-refractivity contribution is 0.191. The van der Waals surface area contributed by atoms with Crippen LogP contribution in [-0.2, 0) is 0 Å². The fourth-order valence-corrected chi connectivity index (χ4v) is 4.17. The molecule has 0 spiro atoms. The van der Waals surface area contributed by atoms with Gasteiger partial charge in [-0.3, -0.25) is 0 Å². The first-order valence-electron chi connectivity index (χ1n) is 7.17. The summed E-state index contributed by atoms with van der Waals surface area (Å²) in [6.07, 6.45) is 6.73. The lowest BCUT2D eigenvalue weighted by atomic mass is 9.55. The van der Waals surface area contributed by atoms with E-state index in [9.17, 15) is 0 Å². The second-order valence-corrected chi connectivity index (χ2v) is 7.17. The van der Waals surface area contributed by atoms with Crippen molar-refractivity contribution in [2.24, 2.45) is 16.7 Å². The summed E-state index contributed by atoms with van der Waals surface area (Å²) in [5.41, 5.74) is 5.68. The Hall–Kier alpha value is -0.520. The molecule has 2 aliphatic rings. The summed E-state index contributed by atoms with van der Waals surface area (Å²) in [5, 5.41) is 0. The van der Waals surface area contributed by atoms with Gasteiger partial charge in [0, 0.05) is 0 Å². The average Bonchev–Trinajstić information content (AvgIpc) is 2.22. The maximum absolute atomic E-state index is 4.26. The Kier molecular flexibility index (Phi) is 3.04. The molecule has 0 saturated carbocycles. The molecule has 17 heavy (non-hydrogen) atoms. The molecule has 0 heteroatoms. The Morgan fingerprint density at radius 2 is 1.82 bits per heavy atom. The highest BCUT2D eigenvalue weighted by atomic mass is 14.5. The summed E-state index contributed by atoms with van der Waals surface area (Å²) in [7, 11) is 0. The quantitative estimate of drug-likeness (QED) is 0.523. The summed E-state index contributed by atoms with van der Waals surface area (Å²) in [6.45, 7) is 16.2. The monoisotopic (exact) mass is 232 g/mol. The van der Waals surface area contributed by atoms with E-state index in [1.807, 2.05) is 0 Å². The maximum Gasteiger partial charge on any atom is -0.00557 e. The molecule has 0 nitrogen and oxygen atoms in total. The molecule has 0 radical (unpaired) electrons. The van der Waals surface area contributed by atoms with E-state index in [1.165, 1.54) is 37.7 Å². The summed E-state index contributed by atoms with van der Waals surface area (Å²) >= 11 is 0. The van der Waals surface area contributed by atoms with Gasteiger partial charge < -0.3 is 0 Å². The largest absolute Gasteiger partial charge is 0.0996 e. The molecule has 0 heterocycles. The lowest BCUT2D eigenvalue weighted by Gasteiger charge is -2.50. The van der Waals surface area contributed by atoms with Crippen molar-refractivity contribution in [3.8, 4) is 0 Å². The van der Waals surface area contributed by atoms with E-state index >= 15 is 0 Å². The van der Waals surface area contributed by atoms with Crippen molar-refractivity contribution in [2.45, 2.75) is 66.7 Å². The fourth-order valence-electron chi connectivity index (χ4n) is 4.17. The van der Waals surface area contributed by atoms with Gasteiger partial charge in [-0.05, 0) is 55.8 Å². The summed E-state index contributed by atoms with van der Waals surface area (Å²) in [4.78, 5) is 0. The van der Waals surface area contributed by atoms with Crippen LogP contribution in [0.4, 0.5) is 0 Å².